The van der Waals surface area contributed by atoms with E-state index in [-0.39, 0.29) is 11.1 Å². The summed E-state index contributed by atoms with van der Waals surface area (Å²) in [7, 11) is 0. The Hall–Kier alpha value is -3.49. The summed E-state index contributed by atoms with van der Waals surface area (Å²) >= 11 is 3.33. The molecule has 3 unspecified atom stereocenters. The predicted octanol–water partition coefficient (Wildman–Crippen LogP) is 4.28. The van der Waals surface area contributed by atoms with E-state index >= 15 is 0 Å². The fraction of sp³-hybridized carbons (Fsp3) is 0.154. The first kappa shape index (κ1) is 21.1. The van der Waals surface area contributed by atoms with E-state index in [9.17, 15) is 23.6 Å². The normalized spacial score (nSPS) is 24.8. The van der Waals surface area contributed by atoms with E-state index in [0.29, 0.717) is 11.3 Å². The Labute approximate surface area is 201 Å². The molecule has 0 bridgehead atoms. The van der Waals surface area contributed by atoms with Crippen molar-refractivity contribution in [2.75, 3.05) is 4.90 Å². The summed E-state index contributed by atoms with van der Waals surface area (Å²) in [4.78, 5) is 55.8. The van der Waals surface area contributed by atoms with E-state index in [1.807, 2.05) is 0 Å². The molecule has 6 rings (SSSR count). The van der Waals surface area contributed by atoms with Crippen molar-refractivity contribution in [3.63, 3.8) is 0 Å². The van der Waals surface area contributed by atoms with E-state index in [4.69, 9.17) is 4.74 Å². The van der Waals surface area contributed by atoms with E-state index in [1.54, 1.807) is 36.4 Å². The molecule has 6 nitrogen and oxygen atoms in total. The minimum absolute atomic E-state index is 0.161. The lowest BCUT2D eigenvalue weighted by atomic mass is 9.77. The molecular weight excluding hydrogens is 505 g/mol. The Morgan fingerprint density at radius 3 is 1.97 bits per heavy atom. The van der Waals surface area contributed by atoms with Crippen LogP contribution in [-0.4, -0.2) is 29.0 Å². The second kappa shape index (κ2) is 7.25. The number of hydrogen-bond donors (Lipinski definition) is 0. The van der Waals surface area contributed by atoms with Crippen LogP contribution < -0.4 is 4.90 Å². The van der Waals surface area contributed by atoms with Gasteiger partial charge in [0.15, 0.2) is 0 Å². The molecule has 0 aromatic heterocycles. The number of benzene rings is 3. The minimum Gasteiger partial charge on any atom is -0.349 e. The van der Waals surface area contributed by atoms with E-state index < -0.39 is 52.7 Å². The van der Waals surface area contributed by atoms with Gasteiger partial charge in [0, 0.05) is 15.6 Å². The first-order valence-electron chi connectivity index (χ1n) is 10.6. The van der Waals surface area contributed by atoms with Crippen LogP contribution in [0.15, 0.2) is 77.3 Å². The lowest BCUT2D eigenvalue weighted by molar-refractivity contribution is -0.127. The molecule has 1 aliphatic carbocycles. The van der Waals surface area contributed by atoms with Gasteiger partial charge in [0.2, 0.25) is 29.0 Å². The molecule has 2 aliphatic heterocycles. The zero-order valence-corrected chi connectivity index (χ0v) is 19.0. The van der Waals surface area contributed by atoms with Crippen molar-refractivity contribution in [2.45, 2.75) is 11.7 Å². The zero-order chi connectivity index (χ0) is 23.8. The first-order chi connectivity index (χ1) is 16.3. The highest BCUT2D eigenvalue weighted by atomic mass is 79.9. The molecular formula is C26H15BrFNO5. The lowest BCUT2D eigenvalue weighted by Gasteiger charge is -2.27. The molecule has 168 valence electrons. The van der Waals surface area contributed by atoms with Gasteiger partial charge < -0.3 is 4.74 Å². The summed E-state index contributed by atoms with van der Waals surface area (Å²) in [6, 6.07) is 18.2. The monoisotopic (exact) mass is 519 g/mol. The molecule has 3 aromatic carbocycles. The summed E-state index contributed by atoms with van der Waals surface area (Å²) < 4.78 is 20.5. The van der Waals surface area contributed by atoms with Crippen LogP contribution in [0.2, 0.25) is 0 Å². The molecule has 2 amide bonds. The molecule has 1 spiro atoms. The molecule has 3 aliphatic rings. The number of ketones is 2. The third-order valence-corrected chi connectivity index (χ3v) is 7.33. The SMILES string of the molecule is O=C1C2C(c3ccc(F)cc3)OC3(C(=O)c4ccccc4C3=O)C2C(=O)N1c1ccc(Br)cc1. The Balaban J connectivity index is 1.54. The summed E-state index contributed by atoms with van der Waals surface area (Å²) in [5.74, 6) is -5.46. The van der Waals surface area contributed by atoms with Crippen molar-refractivity contribution in [3.05, 3.63) is 99.8 Å². The highest BCUT2D eigenvalue weighted by molar-refractivity contribution is 9.10. The number of anilines is 1. The number of Topliss-reactive ketones (excluding diaryl/α,β-unsaturated/α-hetero) is 2. The Morgan fingerprint density at radius 1 is 0.794 bits per heavy atom. The average molecular weight is 520 g/mol. The van der Waals surface area contributed by atoms with Gasteiger partial charge in [-0.05, 0) is 42.0 Å². The van der Waals surface area contributed by atoms with Crippen molar-refractivity contribution >= 4 is 45.0 Å². The predicted molar refractivity (Wildman–Crippen MR) is 122 cm³/mol. The largest absolute Gasteiger partial charge is 0.349 e. The van der Waals surface area contributed by atoms with Gasteiger partial charge in [0.1, 0.15) is 5.82 Å². The van der Waals surface area contributed by atoms with Crippen molar-refractivity contribution in [2.24, 2.45) is 11.8 Å². The molecule has 8 heteroatoms. The maximum absolute atomic E-state index is 13.8. The number of carbonyl (C=O) groups excluding carboxylic acids is 4. The van der Waals surface area contributed by atoms with Gasteiger partial charge in [0.25, 0.3) is 0 Å². The number of amides is 2. The third-order valence-electron chi connectivity index (χ3n) is 6.80. The van der Waals surface area contributed by atoms with Gasteiger partial charge in [-0.25, -0.2) is 9.29 Å². The molecule has 3 aromatic rings. The standard InChI is InChI=1S/C26H15BrFNO5/c27-14-7-11-16(12-8-14)29-24(32)19-20(25(29)33)26(34-21(19)13-5-9-15(28)10-6-13)22(30)17-3-1-2-4-18(17)23(26)31/h1-12,19-21H. The molecule has 34 heavy (non-hydrogen) atoms. The van der Waals surface area contributed by atoms with Crippen molar-refractivity contribution < 1.29 is 28.3 Å². The summed E-state index contributed by atoms with van der Waals surface area (Å²) in [6.07, 6.45) is -1.08. The number of nitrogens with zero attached hydrogens (tertiary/aromatic N) is 1. The fourth-order valence-electron chi connectivity index (χ4n) is 5.32. The summed E-state index contributed by atoms with van der Waals surface area (Å²) in [5.41, 5.74) is -1.09. The van der Waals surface area contributed by atoms with Crippen LogP contribution in [0.5, 0.6) is 0 Å². The lowest BCUT2D eigenvalue weighted by Crippen LogP contribution is -2.51. The van der Waals surface area contributed by atoms with Crippen LogP contribution >= 0.6 is 15.9 Å². The van der Waals surface area contributed by atoms with Crippen molar-refractivity contribution in [1.82, 2.24) is 0 Å². The van der Waals surface area contributed by atoms with Crippen molar-refractivity contribution in [3.8, 4) is 0 Å². The van der Waals surface area contributed by atoms with Gasteiger partial charge in [-0.1, -0.05) is 52.3 Å². The Bertz CT molecular complexity index is 1370. The maximum Gasteiger partial charge on any atom is 0.241 e. The van der Waals surface area contributed by atoms with Crippen LogP contribution in [-0.2, 0) is 14.3 Å². The highest BCUT2D eigenvalue weighted by Gasteiger charge is 2.74. The number of halogens is 2. The topological polar surface area (TPSA) is 80.8 Å². The van der Waals surface area contributed by atoms with Gasteiger partial charge in [-0.15, -0.1) is 0 Å². The average Bonchev–Trinajstić information content (AvgIpc) is 3.40. The summed E-state index contributed by atoms with van der Waals surface area (Å²) in [6.45, 7) is 0. The first-order valence-corrected chi connectivity index (χ1v) is 11.4. The molecule has 2 heterocycles. The zero-order valence-electron chi connectivity index (χ0n) is 17.4. The van der Waals surface area contributed by atoms with E-state index in [2.05, 4.69) is 15.9 Å². The Kier molecular flexibility index (Phi) is 4.49. The van der Waals surface area contributed by atoms with E-state index in [1.165, 1.54) is 36.4 Å². The fourth-order valence-corrected chi connectivity index (χ4v) is 5.58. The smallest absolute Gasteiger partial charge is 0.241 e. The second-order valence-corrected chi connectivity index (χ2v) is 9.44. The number of carbonyl (C=O) groups is 4. The van der Waals surface area contributed by atoms with Gasteiger partial charge in [-0.3, -0.25) is 19.2 Å². The van der Waals surface area contributed by atoms with Crippen LogP contribution in [0.25, 0.3) is 0 Å². The Morgan fingerprint density at radius 2 is 1.38 bits per heavy atom. The number of rotatable bonds is 2. The molecule has 2 fully saturated rings. The van der Waals surface area contributed by atoms with Crippen LogP contribution in [0.4, 0.5) is 10.1 Å². The van der Waals surface area contributed by atoms with Gasteiger partial charge in [0.05, 0.1) is 23.6 Å². The van der Waals surface area contributed by atoms with Gasteiger partial charge >= 0.3 is 0 Å². The number of fused-ring (bicyclic) bond motifs is 3. The minimum atomic E-state index is -2.15. The van der Waals surface area contributed by atoms with Crippen LogP contribution in [0.3, 0.4) is 0 Å². The maximum atomic E-state index is 13.8. The molecule has 2 saturated heterocycles. The summed E-state index contributed by atoms with van der Waals surface area (Å²) in [5, 5.41) is 0. The van der Waals surface area contributed by atoms with Crippen LogP contribution in [0, 0.1) is 17.7 Å². The highest BCUT2D eigenvalue weighted by Crippen LogP contribution is 2.57. The quantitative estimate of drug-likeness (QED) is 0.372. The van der Waals surface area contributed by atoms with Crippen LogP contribution in [0.1, 0.15) is 32.4 Å². The number of imide groups is 1. The number of hydrogen-bond acceptors (Lipinski definition) is 5. The van der Waals surface area contributed by atoms with Crippen molar-refractivity contribution in [1.29, 1.82) is 0 Å². The molecule has 0 saturated carbocycles. The second-order valence-electron chi connectivity index (χ2n) is 8.52. The molecule has 0 N–H and O–H groups in total. The number of ether oxygens (including phenoxy) is 1. The van der Waals surface area contributed by atoms with E-state index in [0.717, 1.165) is 9.37 Å². The molecule has 0 radical (unpaired) electrons. The molecule has 3 atom stereocenters. The van der Waals surface area contributed by atoms with Gasteiger partial charge in [-0.2, -0.15) is 0 Å². The third kappa shape index (κ3) is 2.63.